The molecule has 0 bridgehead atoms. The van der Waals surface area contributed by atoms with Crippen molar-refractivity contribution in [3.05, 3.63) is 0 Å². The van der Waals surface area contributed by atoms with Crippen LogP contribution in [0.4, 0.5) is 0 Å². The third-order valence-electron chi connectivity index (χ3n) is 2.98. The number of nitrogens with two attached hydrogens (primary N) is 1. The van der Waals surface area contributed by atoms with E-state index in [4.69, 9.17) is 15.2 Å². The molecule has 0 aromatic carbocycles. The molecule has 0 amide bonds. The first-order valence-electron chi connectivity index (χ1n) is 5.76. The van der Waals surface area contributed by atoms with E-state index in [1.54, 1.807) is 14.2 Å². The second-order valence-corrected chi connectivity index (χ2v) is 4.30. The Hall–Kier alpha value is -0.160. The maximum Gasteiger partial charge on any atom is 0.0710 e. The quantitative estimate of drug-likeness (QED) is 0.628. The van der Waals surface area contributed by atoms with Gasteiger partial charge in [-0.3, -0.25) is 4.90 Å². The van der Waals surface area contributed by atoms with E-state index < -0.39 is 0 Å². The first kappa shape index (κ1) is 12.9. The van der Waals surface area contributed by atoms with Crippen LogP contribution in [0.3, 0.4) is 0 Å². The average Bonchev–Trinajstić information content (AvgIpc) is 2.66. The summed E-state index contributed by atoms with van der Waals surface area (Å²) in [5, 5.41) is 0. The van der Waals surface area contributed by atoms with E-state index in [0.29, 0.717) is 6.10 Å². The molecule has 1 aliphatic rings. The fraction of sp³-hybridized carbons (Fsp3) is 1.00. The molecular formula is C11H24N2O2. The molecule has 4 nitrogen and oxygen atoms in total. The molecule has 0 spiro atoms. The fourth-order valence-electron chi connectivity index (χ4n) is 2.07. The highest BCUT2D eigenvalue weighted by Crippen LogP contribution is 2.12. The first-order chi connectivity index (χ1) is 7.26. The van der Waals surface area contributed by atoms with Gasteiger partial charge in [-0.15, -0.1) is 0 Å². The van der Waals surface area contributed by atoms with E-state index in [1.807, 2.05) is 0 Å². The predicted octanol–water partition coefficient (Wildman–Crippen LogP) is 0.461. The molecule has 0 aromatic heterocycles. The van der Waals surface area contributed by atoms with Crippen LogP contribution in [0.1, 0.15) is 19.3 Å². The second-order valence-electron chi connectivity index (χ2n) is 4.30. The summed E-state index contributed by atoms with van der Waals surface area (Å²) in [5.41, 5.74) is 6.04. The van der Waals surface area contributed by atoms with E-state index in [-0.39, 0.29) is 6.04 Å². The van der Waals surface area contributed by atoms with Gasteiger partial charge in [0.15, 0.2) is 0 Å². The number of hydrogen-bond donors (Lipinski definition) is 1. The summed E-state index contributed by atoms with van der Waals surface area (Å²) in [4.78, 5) is 2.39. The molecular weight excluding hydrogens is 192 g/mol. The maximum atomic E-state index is 6.04. The van der Waals surface area contributed by atoms with Gasteiger partial charge in [-0.2, -0.15) is 0 Å². The number of rotatable bonds is 7. The SMILES string of the molecule is COCCCC(N)CN1CCC(OC)C1. The number of methoxy groups -OCH3 is 2. The molecule has 1 rings (SSSR count). The summed E-state index contributed by atoms with van der Waals surface area (Å²) in [6.07, 6.45) is 3.65. The summed E-state index contributed by atoms with van der Waals surface area (Å²) in [5.74, 6) is 0. The van der Waals surface area contributed by atoms with Crippen molar-refractivity contribution in [2.24, 2.45) is 5.73 Å². The molecule has 1 fully saturated rings. The van der Waals surface area contributed by atoms with Crippen molar-refractivity contribution >= 4 is 0 Å². The van der Waals surface area contributed by atoms with Crippen molar-refractivity contribution in [3.8, 4) is 0 Å². The van der Waals surface area contributed by atoms with Crippen LogP contribution in [0.15, 0.2) is 0 Å². The largest absolute Gasteiger partial charge is 0.385 e. The Morgan fingerprint density at radius 2 is 2.27 bits per heavy atom. The highest BCUT2D eigenvalue weighted by Gasteiger charge is 2.22. The molecule has 0 aliphatic carbocycles. The van der Waals surface area contributed by atoms with Crippen molar-refractivity contribution in [1.82, 2.24) is 4.90 Å². The molecule has 0 radical (unpaired) electrons. The zero-order valence-corrected chi connectivity index (χ0v) is 9.95. The van der Waals surface area contributed by atoms with Gasteiger partial charge in [0.25, 0.3) is 0 Å². The highest BCUT2D eigenvalue weighted by molar-refractivity contribution is 4.78. The number of nitrogens with zero attached hydrogens (tertiary/aromatic N) is 1. The van der Waals surface area contributed by atoms with Crippen LogP contribution in [0, 0.1) is 0 Å². The Balaban J connectivity index is 2.07. The minimum Gasteiger partial charge on any atom is -0.385 e. The molecule has 2 N–H and O–H groups in total. The third kappa shape index (κ3) is 4.93. The standard InChI is InChI=1S/C11H24N2O2/c1-14-7-3-4-10(12)8-13-6-5-11(9-13)15-2/h10-11H,3-9,12H2,1-2H3. The zero-order valence-electron chi connectivity index (χ0n) is 9.95. The average molecular weight is 216 g/mol. The van der Waals surface area contributed by atoms with Crippen LogP contribution in [0.2, 0.25) is 0 Å². The van der Waals surface area contributed by atoms with Crippen LogP contribution >= 0.6 is 0 Å². The Morgan fingerprint density at radius 3 is 2.87 bits per heavy atom. The summed E-state index contributed by atoms with van der Waals surface area (Å²) in [6.45, 7) is 3.96. The lowest BCUT2D eigenvalue weighted by molar-refractivity contribution is 0.107. The molecule has 15 heavy (non-hydrogen) atoms. The van der Waals surface area contributed by atoms with Gasteiger partial charge in [0.05, 0.1) is 6.10 Å². The van der Waals surface area contributed by atoms with Crippen LogP contribution in [-0.2, 0) is 9.47 Å². The van der Waals surface area contributed by atoms with Crippen molar-refractivity contribution in [2.45, 2.75) is 31.4 Å². The van der Waals surface area contributed by atoms with Crippen molar-refractivity contribution in [1.29, 1.82) is 0 Å². The molecule has 4 heteroatoms. The molecule has 0 saturated carbocycles. The summed E-state index contributed by atoms with van der Waals surface area (Å²) in [6, 6.07) is 0.274. The third-order valence-corrected chi connectivity index (χ3v) is 2.98. The Labute approximate surface area is 92.7 Å². The van der Waals surface area contributed by atoms with E-state index in [2.05, 4.69) is 4.90 Å². The Bertz CT molecular complexity index is 167. The van der Waals surface area contributed by atoms with Crippen molar-refractivity contribution < 1.29 is 9.47 Å². The van der Waals surface area contributed by atoms with Gasteiger partial charge < -0.3 is 15.2 Å². The molecule has 1 aliphatic heterocycles. The van der Waals surface area contributed by atoms with E-state index >= 15 is 0 Å². The molecule has 1 saturated heterocycles. The summed E-state index contributed by atoms with van der Waals surface area (Å²) in [7, 11) is 3.52. The lowest BCUT2D eigenvalue weighted by Gasteiger charge is -2.20. The summed E-state index contributed by atoms with van der Waals surface area (Å²) < 4.78 is 10.3. The van der Waals surface area contributed by atoms with Gasteiger partial charge in [-0.1, -0.05) is 0 Å². The van der Waals surface area contributed by atoms with Crippen LogP contribution < -0.4 is 5.73 Å². The van der Waals surface area contributed by atoms with Crippen LogP contribution in [-0.4, -0.2) is 57.5 Å². The Morgan fingerprint density at radius 1 is 1.47 bits per heavy atom. The Kier molecular flexibility index (Phi) is 6.17. The van der Waals surface area contributed by atoms with E-state index in [1.165, 1.54) is 0 Å². The van der Waals surface area contributed by atoms with E-state index in [0.717, 1.165) is 45.5 Å². The predicted molar refractivity (Wildman–Crippen MR) is 60.9 cm³/mol. The highest BCUT2D eigenvalue weighted by atomic mass is 16.5. The van der Waals surface area contributed by atoms with Crippen molar-refractivity contribution in [3.63, 3.8) is 0 Å². The number of hydrogen-bond acceptors (Lipinski definition) is 4. The van der Waals surface area contributed by atoms with Gasteiger partial charge in [0.2, 0.25) is 0 Å². The molecule has 0 aromatic rings. The molecule has 2 unspecified atom stereocenters. The lowest BCUT2D eigenvalue weighted by Crippen LogP contribution is -2.37. The van der Waals surface area contributed by atoms with Gasteiger partial charge in [-0.25, -0.2) is 0 Å². The maximum absolute atomic E-state index is 6.04. The van der Waals surface area contributed by atoms with Crippen LogP contribution in [0.25, 0.3) is 0 Å². The zero-order chi connectivity index (χ0) is 11.1. The van der Waals surface area contributed by atoms with Crippen molar-refractivity contribution in [2.75, 3.05) is 40.5 Å². The van der Waals surface area contributed by atoms with Crippen LogP contribution in [0.5, 0.6) is 0 Å². The molecule has 90 valence electrons. The molecule has 1 heterocycles. The van der Waals surface area contributed by atoms with Gasteiger partial charge in [0.1, 0.15) is 0 Å². The van der Waals surface area contributed by atoms with Gasteiger partial charge >= 0.3 is 0 Å². The topological polar surface area (TPSA) is 47.7 Å². The normalized spacial score (nSPS) is 24.6. The first-order valence-corrected chi connectivity index (χ1v) is 5.76. The van der Waals surface area contributed by atoms with E-state index in [9.17, 15) is 0 Å². The van der Waals surface area contributed by atoms with Gasteiger partial charge in [-0.05, 0) is 19.3 Å². The van der Waals surface area contributed by atoms with Gasteiger partial charge in [0, 0.05) is 46.5 Å². The second kappa shape index (κ2) is 7.17. The fourth-order valence-corrected chi connectivity index (χ4v) is 2.07. The number of ether oxygens (including phenoxy) is 2. The smallest absolute Gasteiger partial charge is 0.0710 e. The number of likely N-dealkylation sites (tertiary alicyclic amines) is 1. The molecule has 2 atom stereocenters. The minimum absolute atomic E-state index is 0.274. The monoisotopic (exact) mass is 216 g/mol. The minimum atomic E-state index is 0.274. The summed E-state index contributed by atoms with van der Waals surface area (Å²) >= 11 is 0. The lowest BCUT2D eigenvalue weighted by atomic mass is 10.1.